The van der Waals surface area contributed by atoms with Crippen molar-refractivity contribution in [1.29, 1.82) is 0 Å². The SMILES string of the molecule is [2H]COC(CCBr)c1ccccc1. The first-order valence-electron chi connectivity index (χ1n) is 4.61. The Balaban J connectivity index is 2.64. The van der Waals surface area contributed by atoms with Gasteiger partial charge in [0.2, 0.25) is 0 Å². The summed E-state index contributed by atoms with van der Waals surface area (Å²) in [6.45, 7) is 0. The molecule has 0 fully saturated rings. The van der Waals surface area contributed by atoms with Crippen LogP contribution in [0.2, 0.25) is 0 Å². The maximum atomic E-state index is 7.02. The molecule has 0 aliphatic heterocycles. The summed E-state index contributed by atoms with van der Waals surface area (Å²) in [6, 6.07) is 10.0. The van der Waals surface area contributed by atoms with Crippen LogP contribution >= 0.6 is 15.9 Å². The van der Waals surface area contributed by atoms with E-state index in [0.29, 0.717) is 0 Å². The molecule has 1 unspecified atom stereocenters. The third-order valence-electron chi connectivity index (χ3n) is 1.74. The van der Waals surface area contributed by atoms with Crippen molar-refractivity contribution in [1.82, 2.24) is 0 Å². The monoisotopic (exact) mass is 229 g/mol. The highest BCUT2D eigenvalue weighted by molar-refractivity contribution is 9.09. The standard InChI is InChI=1S/C10H13BrO/c1-12-10(7-8-11)9-5-3-2-4-6-9/h2-6,10H,7-8H2,1H3/i1D. The molecule has 0 aromatic heterocycles. The molecule has 0 aliphatic rings. The molecule has 0 heterocycles. The van der Waals surface area contributed by atoms with E-state index in [9.17, 15) is 0 Å². The van der Waals surface area contributed by atoms with Crippen molar-refractivity contribution in [3.05, 3.63) is 35.9 Å². The van der Waals surface area contributed by atoms with E-state index in [1.54, 1.807) is 0 Å². The zero-order valence-corrected chi connectivity index (χ0v) is 8.46. The Kier molecular flexibility index (Phi) is 3.67. The topological polar surface area (TPSA) is 9.23 Å². The summed E-state index contributed by atoms with van der Waals surface area (Å²) in [4.78, 5) is 0. The first-order chi connectivity index (χ1) is 6.38. The van der Waals surface area contributed by atoms with Gasteiger partial charge >= 0.3 is 0 Å². The Hall–Kier alpha value is -0.340. The van der Waals surface area contributed by atoms with Crippen molar-refractivity contribution in [2.24, 2.45) is 0 Å². The van der Waals surface area contributed by atoms with Gasteiger partial charge in [0, 0.05) is 12.4 Å². The van der Waals surface area contributed by atoms with Gasteiger partial charge in [0.1, 0.15) is 0 Å². The lowest BCUT2D eigenvalue weighted by Crippen LogP contribution is -2.01. The van der Waals surface area contributed by atoms with Crippen LogP contribution in [0.25, 0.3) is 0 Å². The van der Waals surface area contributed by atoms with Gasteiger partial charge in [-0.1, -0.05) is 46.3 Å². The summed E-state index contributed by atoms with van der Waals surface area (Å²) in [5, 5.41) is 0.895. The molecule has 1 nitrogen and oxygen atoms in total. The molecule has 1 aromatic rings. The molecule has 0 amide bonds. The van der Waals surface area contributed by atoms with E-state index in [-0.39, 0.29) is 13.2 Å². The van der Waals surface area contributed by atoms with Gasteiger partial charge in [0.25, 0.3) is 0 Å². The third-order valence-corrected chi connectivity index (χ3v) is 2.20. The van der Waals surface area contributed by atoms with Gasteiger partial charge < -0.3 is 4.74 Å². The van der Waals surface area contributed by atoms with Gasteiger partial charge in [-0.05, 0) is 12.0 Å². The van der Waals surface area contributed by atoms with E-state index in [2.05, 4.69) is 15.9 Å². The number of hydrogen-bond acceptors (Lipinski definition) is 1. The number of methoxy groups -OCH3 is 1. The zero-order chi connectivity index (χ0) is 9.52. The highest BCUT2D eigenvalue weighted by Gasteiger charge is 2.07. The summed E-state index contributed by atoms with van der Waals surface area (Å²) >= 11 is 3.38. The van der Waals surface area contributed by atoms with Crippen LogP contribution in [-0.2, 0) is 4.74 Å². The number of alkyl halides is 1. The lowest BCUT2D eigenvalue weighted by Gasteiger charge is -2.13. The molecule has 1 rings (SSSR count). The average molecular weight is 230 g/mol. The second kappa shape index (κ2) is 5.33. The first-order valence-corrected chi connectivity index (χ1v) is 5.02. The number of hydrogen-bond donors (Lipinski definition) is 0. The first kappa shape index (κ1) is 8.27. The summed E-state index contributed by atoms with van der Waals surface area (Å²) in [6.07, 6.45) is 0.959. The Morgan fingerprint density at radius 3 is 2.83 bits per heavy atom. The van der Waals surface area contributed by atoms with Crippen molar-refractivity contribution < 1.29 is 6.11 Å². The van der Waals surface area contributed by atoms with E-state index >= 15 is 0 Å². The largest absolute Gasteiger partial charge is 0.377 e. The van der Waals surface area contributed by atoms with Crippen molar-refractivity contribution in [2.75, 3.05) is 12.4 Å². The zero-order valence-electron chi connectivity index (χ0n) is 7.87. The summed E-state index contributed by atoms with van der Waals surface area (Å²) in [7, 11) is 0.0204. The third kappa shape index (κ3) is 2.61. The van der Waals surface area contributed by atoms with Crippen LogP contribution < -0.4 is 0 Å². The summed E-state index contributed by atoms with van der Waals surface area (Å²) in [5.74, 6) is 0. The molecule has 0 saturated carbocycles. The Morgan fingerprint density at radius 1 is 1.50 bits per heavy atom. The van der Waals surface area contributed by atoms with E-state index in [1.807, 2.05) is 30.3 Å². The van der Waals surface area contributed by atoms with Gasteiger partial charge in [0.05, 0.1) is 7.47 Å². The Bertz CT molecular complexity index is 222. The second-order valence-electron chi connectivity index (χ2n) is 2.54. The molecule has 0 radical (unpaired) electrons. The minimum Gasteiger partial charge on any atom is -0.377 e. The molecule has 0 spiro atoms. The smallest absolute Gasteiger partial charge is 0.0829 e. The van der Waals surface area contributed by atoms with Gasteiger partial charge in [-0.2, -0.15) is 0 Å². The molecule has 0 bridgehead atoms. The minimum atomic E-state index is 0.0204. The van der Waals surface area contributed by atoms with E-state index in [4.69, 9.17) is 6.11 Å². The lowest BCUT2D eigenvalue weighted by molar-refractivity contribution is 0.101. The molecule has 1 atom stereocenters. The number of rotatable bonds is 4. The van der Waals surface area contributed by atoms with Crippen LogP contribution in [0.1, 0.15) is 19.5 Å². The van der Waals surface area contributed by atoms with Crippen LogP contribution in [0.3, 0.4) is 0 Å². The fourth-order valence-electron chi connectivity index (χ4n) is 1.11. The minimum absolute atomic E-state index is 0.0204. The Morgan fingerprint density at radius 2 is 2.25 bits per heavy atom. The summed E-state index contributed by atoms with van der Waals surface area (Å²) in [5.41, 5.74) is 1.15. The predicted molar refractivity (Wildman–Crippen MR) is 54.6 cm³/mol. The molecule has 66 valence electrons. The van der Waals surface area contributed by atoms with Crippen molar-refractivity contribution in [3.63, 3.8) is 0 Å². The molecular formula is C10H13BrO. The second-order valence-corrected chi connectivity index (χ2v) is 3.34. The van der Waals surface area contributed by atoms with Crippen LogP contribution in [0.4, 0.5) is 0 Å². The number of ether oxygens (including phenoxy) is 1. The van der Waals surface area contributed by atoms with Crippen LogP contribution in [0.15, 0.2) is 30.3 Å². The molecular weight excluding hydrogens is 216 g/mol. The maximum absolute atomic E-state index is 7.02. The highest BCUT2D eigenvalue weighted by Crippen LogP contribution is 2.20. The van der Waals surface area contributed by atoms with Gasteiger partial charge in [-0.25, -0.2) is 0 Å². The van der Waals surface area contributed by atoms with Crippen molar-refractivity contribution in [2.45, 2.75) is 12.5 Å². The quantitative estimate of drug-likeness (QED) is 0.722. The molecule has 1 aromatic carbocycles. The van der Waals surface area contributed by atoms with Gasteiger partial charge in [-0.15, -0.1) is 0 Å². The van der Waals surface area contributed by atoms with Crippen LogP contribution in [0.5, 0.6) is 0 Å². The fourth-order valence-corrected chi connectivity index (χ4v) is 1.53. The Labute approximate surface area is 83.3 Å². The fraction of sp³-hybridized carbons (Fsp3) is 0.400. The van der Waals surface area contributed by atoms with Crippen LogP contribution in [0, 0.1) is 0 Å². The van der Waals surface area contributed by atoms with Gasteiger partial charge in [0.15, 0.2) is 0 Å². The number of benzene rings is 1. The van der Waals surface area contributed by atoms with Crippen molar-refractivity contribution >= 4 is 15.9 Å². The van der Waals surface area contributed by atoms with Crippen LogP contribution in [-0.4, -0.2) is 12.4 Å². The average Bonchev–Trinajstić information content (AvgIpc) is 2.19. The molecule has 12 heavy (non-hydrogen) atoms. The van der Waals surface area contributed by atoms with E-state index < -0.39 is 0 Å². The molecule has 0 aliphatic carbocycles. The molecule has 0 N–H and O–H groups in total. The molecule has 0 saturated heterocycles. The lowest BCUT2D eigenvalue weighted by atomic mass is 10.1. The van der Waals surface area contributed by atoms with E-state index in [1.165, 1.54) is 0 Å². The van der Waals surface area contributed by atoms with Gasteiger partial charge in [-0.3, -0.25) is 0 Å². The summed E-state index contributed by atoms with van der Waals surface area (Å²) < 4.78 is 12.3. The normalized spacial score (nSPS) is 13.9. The van der Waals surface area contributed by atoms with Crippen molar-refractivity contribution in [3.8, 4) is 0 Å². The van der Waals surface area contributed by atoms with E-state index in [0.717, 1.165) is 17.3 Å². The number of halogens is 1. The highest BCUT2D eigenvalue weighted by atomic mass is 79.9. The predicted octanol–water partition coefficient (Wildman–Crippen LogP) is 3.16. The molecule has 2 heteroatoms. The maximum Gasteiger partial charge on any atom is 0.0829 e.